The Morgan fingerprint density at radius 3 is 2.26 bits per heavy atom. The van der Waals surface area contributed by atoms with Gasteiger partial charge in [0.2, 0.25) is 10.0 Å². The zero-order chi connectivity index (χ0) is 16.3. The van der Waals surface area contributed by atoms with Crippen LogP contribution in [0, 0.1) is 0 Å². The predicted molar refractivity (Wildman–Crippen MR) is 94.4 cm³/mol. The number of hydrogen-bond donors (Lipinski definition) is 1. The Bertz CT molecular complexity index is 878. The lowest BCUT2D eigenvalue weighted by molar-refractivity contribution is 0.573. The van der Waals surface area contributed by atoms with Gasteiger partial charge in [-0.15, -0.1) is 11.3 Å². The molecule has 0 aliphatic rings. The summed E-state index contributed by atoms with van der Waals surface area (Å²) in [6.45, 7) is 0. The van der Waals surface area contributed by atoms with Crippen LogP contribution in [0.4, 0.5) is 0 Å². The molecule has 3 nitrogen and oxygen atoms in total. The quantitative estimate of drug-likeness (QED) is 0.727. The number of thiophene rings is 1. The second-order valence-electron chi connectivity index (χ2n) is 4.91. The van der Waals surface area contributed by atoms with Crippen LogP contribution in [0.1, 0.15) is 16.5 Å². The molecule has 6 heteroatoms. The van der Waals surface area contributed by atoms with Gasteiger partial charge in [-0.2, -0.15) is 4.72 Å². The van der Waals surface area contributed by atoms with E-state index < -0.39 is 16.1 Å². The third-order valence-electron chi connectivity index (χ3n) is 3.36. The monoisotopic (exact) mass is 363 g/mol. The summed E-state index contributed by atoms with van der Waals surface area (Å²) in [7, 11) is -3.74. The highest BCUT2D eigenvalue weighted by Gasteiger charge is 2.25. The third-order valence-corrected chi connectivity index (χ3v) is 6.22. The van der Waals surface area contributed by atoms with Crippen molar-refractivity contribution in [2.24, 2.45) is 0 Å². The van der Waals surface area contributed by atoms with Crippen molar-refractivity contribution in [1.29, 1.82) is 0 Å². The number of hydrogen-bond acceptors (Lipinski definition) is 3. The number of nitrogens with one attached hydrogen (secondary N) is 1. The summed E-state index contributed by atoms with van der Waals surface area (Å²) in [5.74, 6) is 0. The molecule has 0 saturated carbocycles. The van der Waals surface area contributed by atoms with Gasteiger partial charge in [0.15, 0.2) is 0 Å². The number of sulfonamides is 1. The van der Waals surface area contributed by atoms with Crippen LogP contribution in [0.5, 0.6) is 0 Å². The van der Waals surface area contributed by atoms with Crippen molar-refractivity contribution in [1.82, 2.24) is 4.72 Å². The van der Waals surface area contributed by atoms with E-state index in [0.29, 0.717) is 0 Å². The Hall–Kier alpha value is -1.66. The molecule has 2 aromatic carbocycles. The Morgan fingerprint density at radius 2 is 1.61 bits per heavy atom. The number of rotatable bonds is 5. The minimum absolute atomic E-state index is 0.0825. The van der Waals surface area contributed by atoms with E-state index in [2.05, 4.69) is 4.72 Å². The molecule has 0 unspecified atom stereocenters. The molecule has 0 amide bonds. The molecule has 1 atom stereocenters. The maximum Gasteiger partial charge on any atom is 0.242 e. The second-order valence-corrected chi connectivity index (χ2v) is 7.98. The first-order chi connectivity index (χ1) is 11.1. The fourth-order valence-corrected chi connectivity index (χ4v) is 4.87. The van der Waals surface area contributed by atoms with Crippen LogP contribution in [-0.2, 0) is 10.0 Å². The first-order valence-corrected chi connectivity index (χ1v) is 9.67. The van der Waals surface area contributed by atoms with Crippen LogP contribution >= 0.6 is 22.9 Å². The fourth-order valence-electron chi connectivity index (χ4n) is 2.27. The highest BCUT2D eigenvalue weighted by molar-refractivity contribution is 7.89. The predicted octanol–water partition coefficient (Wildman–Crippen LogP) is 4.47. The fraction of sp³-hybridized carbons (Fsp3) is 0.0588. The zero-order valence-electron chi connectivity index (χ0n) is 12.0. The van der Waals surface area contributed by atoms with E-state index in [0.717, 1.165) is 10.4 Å². The van der Waals surface area contributed by atoms with E-state index >= 15 is 0 Å². The summed E-state index contributed by atoms with van der Waals surface area (Å²) in [5, 5.41) is 2.13. The van der Waals surface area contributed by atoms with Gasteiger partial charge in [0.25, 0.3) is 0 Å². The van der Waals surface area contributed by atoms with Gasteiger partial charge in [0.1, 0.15) is 4.90 Å². The van der Waals surface area contributed by atoms with Crippen molar-refractivity contribution in [2.75, 3.05) is 0 Å². The van der Waals surface area contributed by atoms with Crippen molar-refractivity contribution in [2.45, 2.75) is 10.9 Å². The summed E-state index contributed by atoms with van der Waals surface area (Å²) in [6.07, 6.45) is 0. The maximum atomic E-state index is 12.7. The summed E-state index contributed by atoms with van der Waals surface area (Å²) in [5.41, 5.74) is 0.880. The molecule has 0 saturated heterocycles. The van der Waals surface area contributed by atoms with Gasteiger partial charge in [-0.05, 0) is 29.1 Å². The van der Waals surface area contributed by atoms with Gasteiger partial charge in [-0.3, -0.25) is 0 Å². The van der Waals surface area contributed by atoms with E-state index in [1.165, 1.54) is 17.4 Å². The van der Waals surface area contributed by atoms with Gasteiger partial charge in [0.05, 0.1) is 11.1 Å². The first kappa shape index (κ1) is 16.2. The Labute approximate surface area is 144 Å². The molecule has 1 aromatic heterocycles. The smallest absolute Gasteiger partial charge is 0.207 e. The molecule has 1 N–H and O–H groups in total. The van der Waals surface area contributed by atoms with Crippen LogP contribution in [0.3, 0.4) is 0 Å². The van der Waals surface area contributed by atoms with E-state index in [1.54, 1.807) is 18.2 Å². The average Bonchev–Trinajstić information content (AvgIpc) is 3.08. The van der Waals surface area contributed by atoms with Gasteiger partial charge in [-0.1, -0.05) is 60.1 Å². The molecule has 0 spiro atoms. The first-order valence-electron chi connectivity index (χ1n) is 6.93. The number of halogens is 1. The second kappa shape index (κ2) is 6.84. The van der Waals surface area contributed by atoms with Gasteiger partial charge in [0, 0.05) is 4.88 Å². The molecule has 3 rings (SSSR count). The average molecular weight is 364 g/mol. The van der Waals surface area contributed by atoms with Crippen LogP contribution in [0.25, 0.3) is 0 Å². The Kier molecular flexibility index (Phi) is 4.82. The highest BCUT2D eigenvalue weighted by Crippen LogP contribution is 2.29. The Morgan fingerprint density at radius 1 is 0.913 bits per heavy atom. The molecule has 1 heterocycles. The summed E-state index contributed by atoms with van der Waals surface area (Å²) in [4.78, 5) is 1.01. The van der Waals surface area contributed by atoms with Crippen molar-refractivity contribution < 1.29 is 8.42 Å². The van der Waals surface area contributed by atoms with Crippen LogP contribution in [0.15, 0.2) is 77.0 Å². The summed E-state index contributed by atoms with van der Waals surface area (Å²) >= 11 is 7.55. The van der Waals surface area contributed by atoms with Gasteiger partial charge < -0.3 is 0 Å². The zero-order valence-corrected chi connectivity index (χ0v) is 14.4. The van der Waals surface area contributed by atoms with Crippen molar-refractivity contribution in [3.8, 4) is 0 Å². The van der Waals surface area contributed by atoms with Crippen LogP contribution in [0.2, 0.25) is 5.02 Å². The number of benzene rings is 2. The standard InChI is InChI=1S/C17H14ClNO2S2/c18-14-9-4-5-11-16(14)23(20,21)19-17(15-10-6-12-22-15)13-7-2-1-3-8-13/h1-12,17,19H/t17-/m1/s1. The molecule has 0 radical (unpaired) electrons. The van der Waals surface area contributed by atoms with Gasteiger partial charge in [-0.25, -0.2) is 8.42 Å². The van der Waals surface area contributed by atoms with E-state index in [-0.39, 0.29) is 9.92 Å². The molecule has 0 bridgehead atoms. The van der Waals surface area contributed by atoms with Crippen LogP contribution < -0.4 is 4.72 Å². The summed E-state index contributed by atoms with van der Waals surface area (Å²) in [6, 6.07) is 19.3. The highest BCUT2D eigenvalue weighted by atomic mass is 35.5. The molecular weight excluding hydrogens is 350 g/mol. The lowest BCUT2D eigenvalue weighted by atomic mass is 10.1. The SMILES string of the molecule is O=S(=O)(N[C@H](c1ccccc1)c1cccs1)c1ccccc1Cl. The Balaban J connectivity index is 2.01. The molecule has 3 aromatic rings. The lowest BCUT2D eigenvalue weighted by Crippen LogP contribution is -2.29. The maximum absolute atomic E-state index is 12.7. The third kappa shape index (κ3) is 3.64. The minimum atomic E-state index is -3.74. The van der Waals surface area contributed by atoms with Crippen LogP contribution in [-0.4, -0.2) is 8.42 Å². The largest absolute Gasteiger partial charge is 0.242 e. The van der Waals surface area contributed by atoms with Crippen molar-refractivity contribution >= 4 is 33.0 Å². The molecule has 118 valence electrons. The van der Waals surface area contributed by atoms with E-state index in [9.17, 15) is 8.42 Å². The molecule has 0 aliphatic heterocycles. The molecular formula is C17H14ClNO2S2. The summed E-state index contributed by atoms with van der Waals surface area (Å²) < 4.78 is 28.2. The lowest BCUT2D eigenvalue weighted by Gasteiger charge is -2.18. The van der Waals surface area contributed by atoms with E-state index in [4.69, 9.17) is 11.6 Å². The minimum Gasteiger partial charge on any atom is -0.207 e. The van der Waals surface area contributed by atoms with E-state index in [1.807, 2.05) is 47.8 Å². The topological polar surface area (TPSA) is 46.2 Å². The normalized spacial score (nSPS) is 12.9. The molecule has 0 aliphatic carbocycles. The van der Waals surface area contributed by atoms with Crippen molar-refractivity contribution in [3.63, 3.8) is 0 Å². The van der Waals surface area contributed by atoms with Crippen molar-refractivity contribution in [3.05, 3.63) is 87.6 Å². The molecule has 23 heavy (non-hydrogen) atoms. The van der Waals surface area contributed by atoms with Gasteiger partial charge >= 0.3 is 0 Å². The molecule has 0 fully saturated rings.